The average Bonchev–Trinajstić information content (AvgIpc) is 2.79. The number of nitrogens with zero attached hydrogens (tertiary/aromatic N) is 2. The van der Waals surface area contributed by atoms with E-state index in [4.69, 9.17) is 15.0 Å². The van der Waals surface area contributed by atoms with E-state index in [1.807, 2.05) is 0 Å². The summed E-state index contributed by atoms with van der Waals surface area (Å²) in [5.41, 5.74) is 5.86. The lowest BCUT2D eigenvalue weighted by molar-refractivity contribution is 0.177. The Labute approximate surface area is 96.6 Å². The minimum absolute atomic E-state index is 0.147. The lowest BCUT2D eigenvalue weighted by atomic mass is 10.2. The molecule has 2 heterocycles. The summed E-state index contributed by atoms with van der Waals surface area (Å²) >= 11 is 0. The molecule has 0 spiro atoms. The topological polar surface area (TPSA) is 107 Å². The molecule has 0 amide bonds. The maximum atomic E-state index is 11.5. The molecular weight excluding hydrogens is 224 g/mol. The summed E-state index contributed by atoms with van der Waals surface area (Å²) in [6.07, 6.45) is 3.03. The molecule has 0 fully saturated rings. The number of rotatable bonds is 4. The highest BCUT2D eigenvalue weighted by Gasteiger charge is 2.16. The van der Waals surface area contributed by atoms with Crippen molar-refractivity contribution in [1.29, 1.82) is 0 Å². The molecule has 3 N–H and O–H groups in total. The van der Waals surface area contributed by atoms with Gasteiger partial charge in [0.1, 0.15) is 5.56 Å². The fourth-order valence-corrected chi connectivity index (χ4v) is 1.33. The predicted octanol–water partition coefficient (Wildman–Crippen LogP) is 0.0711. The van der Waals surface area contributed by atoms with E-state index in [-0.39, 0.29) is 17.9 Å². The third kappa shape index (κ3) is 2.40. The summed E-state index contributed by atoms with van der Waals surface area (Å²) in [4.78, 5) is 18.4. The third-order valence-electron chi connectivity index (χ3n) is 2.17. The van der Waals surface area contributed by atoms with Gasteiger partial charge in [-0.15, -0.1) is 0 Å². The summed E-state index contributed by atoms with van der Waals surface area (Å²) < 4.78 is 9.86. The molecule has 7 nitrogen and oxygen atoms in total. The molecule has 0 aliphatic rings. The Bertz CT molecular complexity index is 548. The van der Waals surface area contributed by atoms with Gasteiger partial charge >= 0.3 is 0 Å². The Morgan fingerprint density at radius 2 is 2.47 bits per heavy atom. The van der Waals surface area contributed by atoms with Crippen LogP contribution in [0.1, 0.15) is 11.9 Å². The number of aromatic amines is 1. The number of nitrogens with one attached hydrogen (secondary N) is 1. The zero-order valence-electron chi connectivity index (χ0n) is 9.21. The average molecular weight is 236 g/mol. The molecule has 2 aromatic heterocycles. The van der Waals surface area contributed by atoms with Gasteiger partial charge in [-0.3, -0.25) is 4.79 Å². The predicted molar refractivity (Wildman–Crippen MR) is 59.2 cm³/mol. The quantitative estimate of drug-likeness (QED) is 0.777. The summed E-state index contributed by atoms with van der Waals surface area (Å²) in [5.74, 6) is 0.457. The molecule has 7 heteroatoms. The fraction of sp³-hybridized carbons (Fsp3) is 0.300. The molecule has 0 saturated carbocycles. The number of pyridine rings is 1. The Balaban J connectivity index is 2.30. The van der Waals surface area contributed by atoms with Crippen molar-refractivity contribution >= 4 is 0 Å². The minimum atomic E-state index is -0.472. The van der Waals surface area contributed by atoms with Crippen molar-refractivity contribution in [2.75, 3.05) is 13.7 Å². The van der Waals surface area contributed by atoms with Gasteiger partial charge in [0.05, 0.1) is 12.6 Å². The summed E-state index contributed by atoms with van der Waals surface area (Å²) in [7, 11) is 1.53. The molecule has 2 aromatic rings. The van der Waals surface area contributed by atoms with Crippen molar-refractivity contribution < 1.29 is 9.26 Å². The van der Waals surface area contributed by atoms with Crippen molar-refractivity contribution in [3.63, 3.8) is 0 Å². The van der Waals surface area contributed by atoms with E-state index in [0.29, 0.717) is 11.4 Å². The number of hydrogen-bond donors (Lipinski definition) is 2. The lowest BCUT2D eigenvalue weighted by Gasteiger charge is -2.03. The summed E-state index contributed by atoms with van der Waals surface area (Å²) in [6.45, 7) is 0.282. The van der Waals surface area contributed by atoms with Crippen LogP contribution in [0.25, 0.3) is 11.5 Å². The molecule has 0 aliphatic carbocycles. The Morgan fingerprint density at radius 1 is 1.65 bits per heavy atom. The van der Waals surface area contributed by atoms with Crippen LogP contribution in [0.4, 0.5) is 0 Å². The van der Waals surface area contributed by atoms with Crippen LogP contribution in [0.5, 0.6) is 0 Å². The van der Waals surface area contributed by atoms with Crippen molar-refractivity contribution in [3.8, 4) is 11.5 Å². The van der Waals surface area contributed by atoms with Crippen molar-refractivity contribution in [2.45, 2.75) is 6.04 Å². The summed E-state index contributed by atoms with van der Waals surface area (Å²) in [6, 6.07) is 0.911. The number of nitrogens with two attached hydrogens (primary N) is 1. The fourth-order valence-electron chi connectivity index (χ4n) is 1.33. The van der Waals surface area contributed by atoms with Crippen LogP contribution in [0.2, 0.25) is 0 Å². The SMILES string of the molecule is COCC(N)c1noc(-c2c[nH]ccc2=O)n1. The van der Waals surface area contributed by atoms with Crippen molar-refractivity contribution in [2.24, 2.45) is 5.73 Å². The van der Waals surface area contributed by atoms with Crippen molar-refractivity contribution in [1.82, 2.24) is 15.1 Å². The zero-order valence-corrected chi connectivity index (χ0v) is 9.21. The van der Waals surface area contributed by atoms with Gasteiger partial charge in [-0.05, 0) is 0 Å². The Hall–Kier alpha value is -1.99. The van der Waals surface area contributed by atoms with Crippen LogP contribution < -0.4 is 11.2 Å². The highest BCUT2D eigenvalue weighted by Crippen LogP contribution is 2.14. The number of hydrogen-bond acceptors (Lipinski definition) is 6. The van der Waals surface area contributed by atoms with Gasteiger partial charge in [-0.1, -0.05) is 5.16 Å². The highest BCUT2D eigenvalue weighted by molar-refractivity contribution is 5.50. The minimum Gasteiger partial charge on any atom is -0.383 e. The van der Waals surface area contributed by atoms with E-state index in [1.54, 1.807) is 0 Å². The number of H-pyrrole nitrogens is 1. The molecule has 0 radical (unpaired) electrons. The number of ether oxygens (including phenoxy) is 1. The van der Waals surface area contributed by atoms with E-state index in [2.05, 4.69) is 15.1 Å². The number of methoxy groups -OCH3 is 1. The second kappa shape index (κ2) is 4.89. The van der Waals surface area contributed by atoms with Crippen LogP contribution in [-0.2, 0) is 4.74 Å². The maximum absolute atomic E-state index is 11.5. The van der Waals surface area contributed by atoms with Crippen molar-refractivity contribution in [3.05, 3.63) is 34.5 Å². The largest absolute Gasteiger partial charge is 0.383 e. The molecule has 1 unspecified atom stereocenters. The Morgan fingerprint density at radius 3 is 3.18 bits per heavy atom. The van der Waals surface area contributed by atoms with E-state index >= 15 is 0 Å². The van der Waals surface area contributed by atoms with Gasteiger partial charge < -0.3 is 20.0 Å². The van der Waals surface area contributed by atoms with Crippen LogP contribution in [-0.4, -0.2) is 28.8 Å². The van der Waals surface area contributed by atoms with Gasteiger partial charge in [0.25, 0.3) is 5.89 Å². The smallest absolute Gasteiger partial charge is 0.263 e. The summed E-state index contributed by atoms with van der Waals surface area (Å²) in [5, 5.41) is 3.71. The maximum Gasteiger partial charge on any atom is 0.263 e. The first-order chi connectivity index (χ1) is 8.22. The standard InChI is InChI=1S/C10H12N4O3/c1-16-5-7(11)9-13-10(17-14-9)6-4-12-3-2-8(6)15/h2-4,7H,5,11H2,1H3,(H,12,15). The van der Waals surface area contributed by atoms with E-state index in [0.717, 1.165) is 0 Å². The van der Waals surface area contributed by atoms with Gasteiger partial charge in [0.15, 0.2) is 11.3 Å². The molecule has 0 aliphatic heterocycles. The van der Waals surface area contributed by atoms with E-state index in [1.165, 1.54) is 25.6 Å². The van der Waals surface area contributed by atoms with Gasteiger partial charge in [0.2, 0.25) is 0 Å². The molecule has 0 bridgehead atoms. The second-order valence-corrected chi connectivity index (χ2v) is 3.44. The molecule has 90 valence electrons. The first-order valence-electron chi connectivity index (χ1n) is 4.98. The van der Waals surface area contributed by atoms with Gasteiger partial charge in [0, 0.05) is 25.6 Å². The number of aromatic nitrogens is 3. The van der Waals surface area contributed by atoms with Crippen LogP contribution in [0.3, 0.4) is 0 Å². The lowest BCUT2D eigenvalue weighted by Crippen LogP contribution is -2.17. The monoisotopic (exact) mass is 236 g/mol. The van der Waals surface area contributed by atoms with Gasteiger partial charge in [-0.25, -0.2) is 0 Å². The first-order valence-corrected chi connectivity index (χ1v) is 4.98. The molecule has 0 saturated heterocycles. The molecule has 2 rings (SSSR count). The van der Waals surface area contributed by atoms with Crippen LogP contribution in [0, 0.1) is 0 Å². The molecule has 0 aromatic carbocycles. The Kier molecular flexibility index (Phi) is 3.31. The highest BCUT2D eigenvalue weighted by atomic mass is 16.5. The molecular formula is C10H12N4O3. The normalized spacial score (nSPS) is 12.6. The van der Waals surface area contributed by atoms with Crippen LogP contribution in [0.15, 0.2) is 27.8 Å². The first kappa shape index (κ1) is 11.5. The zero-order chi connectivity index (χ0) is 12.3. The second-order valence-electron chi connectivity index (χ2n) is 3.44. The van der Waals surface area contributed by atoms with Gasteiger partial charge in [-0.2, -0.15) is 4.98 Å². The van der Waals surface area contributed by atoms with Crippen LogP contribution >= 0.6 is 0 Å². The third-order valence-corrected chi connectivity index (χ3v) is 2.17. The molecule has 17 heavy (non-hydrogen) atoms. The van der Waals surface area contributed by atoms with E-state index in [9.17, 15) is 4.79 Å². The molecule has 1 atom stereocenters. The van der Waals surface area contributed by atoms with E-state index < -0.39 is 6.04 Å².